The predicted molar refractivity (Wildman–Crippen MR) is 72.2 cm³/mol. The van der Waals surface area contributed by atoms with Gasteiger partial charge in [0.2, 0.25) is 5.95 Å². The molecule has 1 atom stereocenters. The van der Waals surface area contributed by atoms with Crippen molar-refractivity contribution in [2.45, 2.75) is 19.9 Å². The first kappa shape index (κ1) is 14.3. The van der Waals surface area contributed by atoms with E-state index in [2.05, 4.69) is 15.3 Å². The molecule has 0 aliphatic heterocycles. The van der Waals surface area contributed by atoms with Crippen molar-refractivity contribution in [3.63, 3.8) is 0 Å². The van der Waals surface area contributed by atoms with Crippen LogP contribution >= 0.6 is 12.2 Å². The molecule has 0 spiro atoms. The van der Waals surface area contributed by atoms with Crippen molar-refractivity contribution in [2.24, 2.45) is 11.7 Å². The lowest BCUT2D eigenvalue weighted by Gasteiger charge is -2.19. The Bertz CT molecular complexity index is 450. The number of nitrogens with one attached hydrogen (secondary N) is 1. The Balaban J connectivity index is 2.90. The summed E-state index contributed by atoms with van der Waals surface area (Å²) in [7, 11) is 1.34. The van der Waals surface area contributed by atoms with E-state index in [0.29, 0.717) is 11.6 Å². The highest BCUT2D eigenvalue weighted by Crippen LogP contribution is 2.10. The van der Waals surface area contributed by atoms with Crippen LogP contribution in [0.4, 0.5) is 5.95 Å². The van der Waals surface area contributed by atoms with Gasteiger partial charge in [0.05, 0.1) is 7.11 Å². The Kier molecular flexibility index (Phi) is 4.96. The van der Waals surface area contributed by atoms with Crippen LogP contribution in [0.3, 0.4) is 0 Å². The Labute approximate surface area is 111 Å². The van der Waals surface area contributed by atoms with E-state index in [0.717, 1.165) is 0 Å². The minimum atomic E-state index is -0.517. The molecule has 6 nitrogen and oxygen atoms in total. The third kappa shape index (κ3) is 3.63. The number of rotatable bonds is 5. The van der Waals surface area contributed by atoms with Gasteiger partial charge in [-0.1, -0.05) is 26.1 Å². The van der Waals surface area contributed by atoms with Gasteiger partial charge in [-0.25, -0.2) is 14.8 Å². The summed E-state index contributed by atoms with van der Waals surface area (Å²) in [5, 5.41) is 2.91. The van der Waals surface area contributed by atoms with E-state index in [1.165, 1.54) is 13.3 Å². The number of aromatic nitrogens is 2. The lowest BCUT2D eigenvalue weighted by molar-refractivity contribution is -0.142. The summed E-state index contributed by atoms with van der Waals surface area (Å²) in [5.74, 6) is -0.0340. The molecule has 1 heterocycles. The summed E-state index contributed by atoms with van der Waals surface area (Å²) in [6, 6.07) is 1.09. The second-order valence-electron chi connectivity index (χ2n) is 4.02. The molecule has 0 saturated heterocycles. The zero-order valence-corrected chi connectivity index (χ0v) is 11.3. The van der Waals surface area contributed by atoms with E-state index < -0.39 is 6.04 Å². The topological polar surface area (TPSA) is 90.1 Å². The molecule has 0 aliphatic rings. The molecule has 7 heteroatoms. The van der Waals surface area contributed by atoms with Crippen molar-refractivity contribution in [1.82, 2.24) is 9.97 Å². The maximum absolute atomic E-state index is 11.6. The van der Waals surface area contributed by atoms with Gasteiger partial charge in [-0.15, -0.1) is 0 Å². The molecule has 0 fully saturated rings. The highest BCUT2D eigenvalue weighted by atomic mass is 32.1. The quantitative estimate of drug-likeness (QED) is 0.600. The lowest BCUT2D eigenvalue weighted by atomic mass is 10.1. The number of hydrogen-bond acceptors (Lipinski definition) is 6. The maximum atomic E-state index is 11.6. The average molecular weight is 268 g/mol. The van der Waals surface area contributed by atoms with Crippen molar-refractivity contribution in [1.29, 1.82) is 0 Å². The monoisotopic (exact) mass is 268 g/mol. The minimum Gasteiger partial charge on any atom is -0.467 e. The Morgan fingerprint density at radius 3 is 2.72 bits per heavy atom. The number of hydrogen-bond donors (Lipinski definition) is 2. The molecular formula is C11H16N4O2S. The van der Waals surface area contributed by atoms with Crippen LogP contribution in [0.15, 0.2) is 12.3 Å². The zero-order valence-electron chi connectivity index (χ0n) is 10.5. The van der Waals surface area contributed by atoms with Gasteiger partial charge in [-0.3, -0.25) is 0 Å². The first-order valence-corrected chi connectivity index (χ1v) is 5.83. The van der Waals surface area contributed by atoms with Gasteiger partial charge >= 0.3 is 5.97 Å². The lowest BCUT2D eigenvalue weighted by Crippen LogP contribution is -2.36. The van der Waals surface area contributed by atoms with Crippen LogP contribution in [0, 0.1) is 5.92 Å². The molecule has 0 radical (unpaired) electrons. The van der Waals surface area contributed by atoms with Crippen LogP contribution in [0.25, 0.3) is 0 Å². The van der Waals surface area contributed by atoms with E-state index in [-0.39, 0.29) is 16.9 Å². The molecule has 1 aromatic rings. The van der Waals surface area contributed by atoms with Gasteiger partial charge < -0.3 is 15.8 Å². The zero-order chi connectivity index (χ0) is 13.7. The minimum absolute atomic E-state index is 0.0366. The van der Waals surface area contributed by atoms with Crippen molar-refractivity contribution < 1.29 is 9.53 Å². The molecule has 1 aromatic heterocycles. The van der Waals surface area contributed by atoms with E-state index in [4.69, 9.17) is 22.7 Å². The van der Waals surface area contributed by atoms with E-state index in [1.54, 1.807) is 6.07 Å². The van der Waals surface area contributed by atoms with Crippen molar-refractivity contribution >= 4 is 29.1 Å². The SMILES string of the molecule is COC(=O)C(Nc1nccc(C(N)=S)n1)C(C)C. The number of nitrogens with zero attached hydrogens (tertiary/aromatic N) is 2. The number of thiocarbonyl (C=S) groups is 1. The van der Waals surface area contributed by atoms with Gasteiger partial charge in [-0.05, 0) is 12.0 Å². The van der Waals surface area contributed by atoms with Gasteiger partial charge in [0, 0.05) is 6.20 Å². The maximum Gasteiger partial charge on any atom is 0.328 e. The van der Waals surface area contributed by atoms with Gasteiger partial charge in [0.25, 0.3) is 0 Å². The molecule has 0 bridgehead atoms. The summed E-state index contributed by atoms with van der Waals surface area (Å²) in [6.07, 6.45) is 1.53. The van der Waals surface area contributed by atoms with Crippen LogP contribution in [0.5, 0.6) is 0 Å². The fraction of sp³-hybridized carbons (Fsp3) is 0.455. The Hall–Kier alpha value is -1.76. The summed E-state index contributed by atoms with van der Waals surface area (Å²) in [4.78, 5) is 19.9. The second-order valence-corrected chi connectivity index (χ2v) is 4.46. The van der Waals surface area contributed by atoms with Crippen LogP contribution in [-0.2, 0) is 9.53 Å². The van der Waals surface area contributed by atoms with Crippen molar-refractivity contribution in [3.05, 3.63) is 18.0 Å². The number of methoxy groups -OCH3 is 1. The molecular weight excluding hydrogens is 252 g/mol. The molecule has 18 heavy (non-hydrogen) atoms. The highest BCUT2D eigenvalue weighted by molar-refractivity contribution is 7.80. The van der Waals surface area contributed by atoms with E-state index in [1.807, 2.05) is 13.8 Å². The van der Waals surface area contributed by atoms with Crippen LogP contribution < -0.4 is 11.1 Å². The standard InChI is InChI=1S/C11H16N4O2S/c1-6(2)8(10(16)17-3)15-11-13-5-4-7(14-11)9(12)18/h4-6,8H,1-3H3,(H2,12,18)(H,13,14,15). The summed E-state index contributed by atoms with van der Waals surface area (Å²) >= 11 is 4.83. The van der Waals surface area contributed by atoms with Crippen molar-refractivity contribution in [2.75, 3.05) is 12.4 Å². The smallest absolute Gasteiger partial charge is 0.328 e. The third-order valence-corrected chi connectivity index (χ3v) is 2.52. The molecule has 0 amide bonds. The van der Waals surface area contributed by atoms with E-state index >= 15 is 0 Å². The molecule has 0 aromatic carbocycles. The highest BCUT2D eigenvalue weighted by Gasteiger charge is 2.23. The largest absolute Gasteiger partial charge is 0.467 e. The summed E-state index contributed by atoms with van der Waals surface area (Å²) in [5.41, 5.74) is 5.93. The van der Waals surface area contributed by atoms with Gasteiger partial charge in [0.1, 0.15) is 16.7 Å². The van der Waals surface area contributed by atoms with Crippen molar-refractivity contribution in [3.8, 4) is 0 Å². The first-order chi connectivity index (χ1) is 8.45. The average Bonchev–Trinajstić information content (AvgIpc) is 2.35. The number of esters is 1. The molecule has 3 N–H and O–H groups in total. The number of nitrogens with two attached hydrogens (primary N) is 1. The predicted octanol–water partition coefficient (Wildman–Crippen LogP) is 0.720. The summed E-state index contributed by atoms with van der Waals surface area (Å²) in [6.45, 7) is 3.79. The fourth-order valence-electron chi connectivity index (χ4n) is 1.33. The number of anilines is 1. The number of carbonyl (C=O) groups excluding carboxylic acids is 1. The van der Waals surface area contributed by atoms with Gasteiger partial charge in [0.15, 0.2) is 0 Å². The summed E-state index contributed by atoms with van der Waals surface area (Å²) < 4.78 is 4.72. The third-order valence-electron chi connectivity index (χ3n) is 2.31. The second kappa shape index (κ2) is 6.25. The van der Waals surface area contributed by atoms with Crippen LogP contribution in [0.2, 0.25) is 0 Å². The molecule has 0 aliphatic carbocycles. The van der Waals surface area contributed by atoms with Gasteiger partial charge in [-0.2, -0.15) is 0 Å². The van der Waals surface area contributed by atoms with E-state index in [9.17, 15) is 4.79 Å². The fourth-order valence-corrected chi connectivity index (χ4v) is 1.44. The van der Waals surface area contributed by atoms with Crippen LogP contribution in [-0.4, -0.2) is 34.1 Å². The number of carbonyl (C=O) groups is 1. The molecule has 0 saturated carbocycles. The molecule has 98 valence electrons. The molecule has 1 rings (SSSR count). The number of ether oxygens (including phenoxy) is 1. The normalized spacial score (nSPS) is 12.0. The Morgan fingerprint density at radius 1 is 1.56 bits per heavy atom. The first-order valence-electron chi connectivity index (χ1n) is 5.43. The van der Waals surface area contributed by atoms with Crippen LogP contribution in [0.1, 0.15) is 19.5 Å². The molecule has 1 unspecified atom stereocenters. The Morgan fingerprint density at radius 2 is 2.22 bits per heavy atom.